The molecule has 0 bridgehead atoms. The van der Waals surface area contributed by atoms with Gasteiger partial charge in [-0.25, -0.2) is 0 Å². The lowest BCUT2D eigenvalue weighted by molar-refractivity contribution is 0.116. The molecule has 2 rings (SSSR count). The lowest BCUT2D eigenvalue weighted by Crippen LogP contribution is -2.30. The highest BCUT2D eigenvalue weighted by atomic mass is 32.2. The molecule has 0 radical (unpaired) electrons. The van der Waals surface area contributed by atoms with Crippen LogP contribution < -0.4 is 10.6 Å². The second-order valence-corrected chi connectivity index (χ2v) is 5.63. The van der Waals surface area contributed by atoms with Gasteiger partial charge in [0.1, 0.15) is 5.84 Å². The van der Waals surface area contributed by atoms with Gasteiger partial charge in [-0.2, -0.15) is 0 Å². The van der Waals surface area contributed by atoms with Gasteiger partial charge in [-0.3, -0.25) is 5.41 Å². The van der Waals surface area contributed by atoms with Crippen molar-refractivity contribution in [3.8, 4) is 0 Å². The monoisotopic (exact) mass is 279 g/mol. The number of anilines is 1. The van der Waals surface area contributed by atoms with E-state index in [0.717, 1.165) is 42.1 Å². The Kier molecular flexibility index (Phi) is 4.71. The number of nitrogen functional groups attached to an aromatic ring is 1. The van der Waals surface area contributed by atoms with Crippen molar-refractivity contribution in [2.45, 2.75) is 23.8 Å². The molecule has 1 aliphatic heterocycles. The third kappa shape index (κ3) is 3.22. The fourth-order valence-electron chi connectivity index (χ4n) is 2.47. The number of amidine groups is 1. The van der Waals surface area contributed by atoms with Gasteiger partial charge in [0.25, 0.3) is 0 Å². The van der Waals surface area contributed by atoms with Crippen molar-refractivity contribution in [2.24, 2.45) is 5.73 Å². The predicted molar refractivity (Wildman–Crippen MR) is 81.5 cm³/mol. The van der Waals surface area contributed by atoms with E-state index in [0.29, 0.717) is 6.10 Å². The van der Waals surface area contributed by atoms with E-state index in [4.69, 9.17) is 15.9 Å². The number of hydrogen-bond donors (Lipinski definition) is 2. The van der Waals surface area contributed by atoms with Crippen LogP contribution >= 0.6 is 11.8 Å². The summed E-state index contributed by atoms with van der Waals surface area (Å²) >= 11 is 1.62. The molecule has 4 nitrogen and oxygen atoms in total. The van der Waals surface area contributed by atoms with Gasteiger partial charge in [-0.15, -0.1) is 11.8 Å². The first-order chi connectivity index (χ1) is 9.13. The van der Waals surface area contributed by atoms with Gasteiger partial charge in [-0.05, 0) is 31.2 Å². The van der Waals surface area contributed by atoms with Crippen LogP contribution in [0.5, 0.6) is 0 Å². The molecule has 3 N–H and O–H groups in total. The number of hydrogen-bond acceptors (Lipinski definition) is 4. The molecule has 1 unspecified atom stereocenters. The molecule has 104 valence electrons. The molecule has 19 heavy (non-hydrogen) atoms. The maximum absolute atomic E-state index is 7.80. The van der Waals surface area contributed by atoms with Crippen LogP contribution in [0.2, 0.25) is 0 Å². The van der Waals surface area contributed by atoms with Gasteiger partial charge < -0.3 is 15.4 Å². The molecule has 0 spiro atoms. The largest absolute Gasteiger partial charge is 0.384 e. The Hall–Kier alpha value is -1.20. The normalized spacial score (nSPS) is 18.5. The minimum atomic E-state index is 0.124. The molecule has 1 saturated heterocycles. The highest BCUT2D eigenvalue weighted by Crippen LogP contribution is 2.29. The van der Waals surface area contributed by atoms with Gasteiger partial charge in [-0.1, -0.05) is 6.07 Å². The van der Waals surface area contributed by atoms with Crippen LogP contribution in [-0.2, 0) is 4.74 Å². The van der Waals surface area contributed by atoms with Crippen molar-refractivity contribution >= 4 is 23.3 Å². The van der Waals surface area contributed by atoms with Crippen LogP contribution in [0.4, 0.5) is 5.69 Å². The summed E-state index contributed by atoms with van der Waals surface area (Å²) in [5, 5.41) is 7.80. The van der Waals surface area contributed by atoms with Crippen LogP contribution in [0.25, 0.3) is 0 Å². The number of nitrogens with two attached hydrogens (primary N) is 1. The van der Waals surface area contributed by atoms with Gasteiger partial charge in [0.05, 0.1) is 11.7 Å². The summed E-state index contributed by atoms with van der Waals surface area (Å²) in [6.07, 6.45) is 4.55. The Bertz CT molecular complexity index is 458. The number of likely N-dealkylation sites (N-methyl/N-ethyl adjacent to an activating group) is 1. The van der Waals surface area contributed by atoms with Crippen LogP contribution in [0.3, 0.4) is 0 Å². The molecular formula is C14H21N3OS. The van der Waals surface area contributed by atoms with E-state index in [2.05, 4.69) is 4.90 Å². The van der Waals surface area contributed by atoms with Gasteiger partial charge in [0, 0.05) is 30.8 Å². The van der Waals surface area contributed by atoms with E-state index in [1.54, 1.807) is 11.8 Å². The number of thioether (sulfide) groups is 1. The summed E-state index contributed by atoms with van der Waals surface area (Å²) < 4.78 is 5.67. The quantitative estimate of drug-likeness (QED) is 0.493. The second-order valence-electron chi connectivity index (χ2n) is 4.78. The highest BCUT2D eigenvalue weighted by Gasteiger charge is 2.20. The smallest absolute Gasteiger partial charge is 0.126 e. The maximum Gasteiger partial charge on any atom is 0.126 e. The van der Waals surface area contributed by atoms with Crippen molar-refractivity contribution in [3.63, 3.8) is 0 Å². The molecule has 1 aliphatic rings. The van der Waals surface area contributed by atoms with Gasteiger partial charge in [0.2, 0.25) is 0 Å². The third-order valence-electron chi connectivity index (χ3n) is 3.41. The molecule has 1 aromatic carbocycles. The Morgan fingerprint density at radius 3 is 2.95 bits per heavy atom. The number of nitrogens with zero attached hydrogens (tertiary/aromatic N) is 1. The Morgan fingerprint density at radius 1 is 1.58 bits per heavy atom. The Labute approximate surface area is 118 Å². The zero-order valence-corrected chi connectivity index (χ0v) is 12.3. The van der Waals surface area contributed by atoms with E-state index in [-0.39, 0.29) is 5.84 Å². The zero-order chi connectivity index (χ0) is 13.8. The van der Waals surface area contributed by atoms with Crippen molar-refractivity contribution in [3.05, 3.63) is 23.8 Å². The molecule has 5 heteroatoms. The van der Waals surface area contributed by atoms with E-state index in [1.165, 1.54) is 0 Å². The first-order valence-electron chi connectivity index (χ1n) is 6.47. The molecule has 1 atom stereocenters. The summed E-state index contributed by atoms with van der Waals surface area (Å²) in [5.41, 5.74) is 7.59. The molecule has 1 fully saturated rings. The number of nitrogens with one attached hydrogen (secondary N) is 1. The predicted octanol–water partition coefficient (Wildman–Crippen LogP) is 2.31. The molecule has 0 aliphatic carbocycles. The lowest BCUT2D eigenvalue weighted by Gasteiger charge is -2.25. The van der Waals surface area contributed by atoms with E-state index >= 15 is 0 Å². The average Bonchev–Trinajstić information content (AvgIpc) is 2.90. The molecular weight excluding hydrogens is 258 g/mol. The van der Waals surface area contributed by atoms with Gasteiger partial charge in [0.15, 0.2) is 0 Å². The fourth-order valence-corrected chi connectivity index (χ4v) is 3.10. The summed E-state index contributed by atoms with van der Waals surface area (Å²) in [6.45, 7) is 1.71. The minimum Gasteiger partial charge on any atom is -0.384 e. The van der Waals surface area contributed by atoms with Crippen LogP contribution in [-0.4, -0.2) is 38.4 Å². The van der Waals surface area contributed by atoms with Gasteiger partial charge >= 0.3 is 0 Å². The summed E-state index contributed by atoms with van der Waals surface area (Å²) in [5.74, 6) is 0.124. The highest BCUT2D eigenvalue weighted by molar-refractivity contribution is 7.98. The van der Waals surface area contributed by atoms with Crippen molar-refractivity contribution < 1.29 is 4.74 Å². The Morgan fingerprint density at radius 2 is 2.37 bits per heavy atom. The number of ether oxygens (including phenoxy) is 1. The standard InChI is InChI=1S/C14H21N3OS/c1-17(9-10-5-4-8-18-10)11-6-3-7-12(19-2)13(11)14(15)16/h3,6-7,10H,4-5,8-9H2,1-2H3,(H3,15,16). The maximum atomic E-state index is 7.80. The topological polar surface area (TPSA) is 62.3 Å². The minimum absolute atomic E-state index is 0.124. The average molecular weight is 279 g/mol. The third-order valence-corrected chi connectivity index (χ3v) is 4.19. The SMILES string of the molecule is CSc1cccc(N(C)CC2CCCO2)c1C(=N)N. The second kappa shape index (κ2) is 6.30. The van der Waals surface area contributed by atoms with Crippen LogP contribution in [0.15, 0.2) is 23.1 Å². The van der Waals surface area contributed by atoms with E-state index < -0.39 is 0 Å². The summed E-state index contributed by atoms with van der Waals surface area (Å²) in [6, 6.07) is 6.04. The first kappa shape index (κ1) is 14.2. The number of benzene rings is 1. The molecule has 1 heterocycles. The molecule has 0 saturated carbocycles. The van der Waals surface area contributed by atoms with Crippen LogP contribution in [0, 0.1) is 5.41 Å². The van der Waals surface area contributed by atoms with E-state index in [1.807, 2.05) is 31.5 Å². The molecule has 1 aromatic rings. The van der Waals surface area contributed by atoms with Crippen molar-refractivity contribution in [1.82, 2.24) is 0 Å². The zero-order valence-electron chi connectivity index (χ0n) is 11.5. The fraction of sp³-hybridized carbons (Fsp3) is 0.500. The summed E-state index contributed by atoms with van der Waals surface area (Å²) in [4.78, 5) is 3.19. The lowest BCUT2D eigenvalue weighted by atomic mass is 10.1. The molecule has 0 aromatic heterocycles. The van der Waals surface area contributed by atoms with E-state index in [9.17, 15) is 0 Å². The summed E-state index contributed by atoms with van der Waals surface area (Å²) in [7, 11) is 2.04. The molecule has 0 amide bonds. The Balaban J connectivity index is 2.24. The first-order valence-corrected chi connectivity index (χ1v) is 7.70. The van der Waals surface area contributed by atoms with Crippen LogP contribution in [0.1, 0.15) is 18.4 Å². The van der Waals surface area contributed by atoms with Crippen molar-refractivity contribution in [1.29, 1.82) is 5.41 Å². The number of rotatable bonds is 5. The van der Waals surface area contributed by atoms with Crippen molar-refractivity contribution in [2.75, 3.05) is 31.4 Å².